The van der Waals surface area contributed by atoms with Crippen molar-refractivity contribution in [1.29, 1.82) is 0 Å². The van der Waals surface area contributed by atoms with Crippen LogP contribution in [0.15, 0.2) is 194 Å². The third-order valence-corrected chi connectivity index (χ3v) is 9.78. The fourth-order valence-electron chi connectivity index (χ4n) is 7.55. The van der Waals surface area contributed by atoms with Crippen molar-refractivity contribution < 1.29 is 0 Å². The summed E-state index contributed by atoms with van der Waals surface area (Å²) in [6.07, 6.45) is 0. The number of hydrogen-bond acceptors (Lipinski definition) is 2. The Morgan fingerprint density at radius 3 is 1.47 bits per heavy atom. The van der Waals surface area contributed by atoms with Crippen LogP contribution in [0.5, 0.6) is 0 Å². The van der Waals surface area contributed by atoms with E-state index in [1.165, 1.54) is 38.9 Å². The van der Waals surface area contributed by atoms with Gasteiger partial charge in [-0.25, -0.2) is 9.97 Å². The first-order valence-electron chi connectivity index (χ1n) is 16.8. The summed E-state index contributed by atoms with van der Waals surface area (Å²) in [6.45, 7) is 0. The lowest BCUT2D eigenvalue weighted by atomic mass is 9.67. The molecule has 0 spiro atoms. The Morgan fingerprint density at radius 1 is 0.306 bits per heavy atom. The highest BCUT2D eigenvalue weighted by Crippen LogP contribution is 2.56. The van der Waals surface area contributed by atoms with E-state index in [0.29, 0.717) is 5.82 Å². The molecule has 1 aliphatic rings. The lowest BCUT2D eigenvalue weighted by Crippen LogP contribution is -2.28. The van der Waals surface area contributed by atoms with Crippen LogP contribution in [-0.2, 0) is 5.41 Å². The topological polar surface area (TPSA) is 25.8 Å². The molecule has 9 rings (SSSR count). The van der Waals surface area contributed by atoms with E-state index in [1.807, 2.05) is 24.3 Å². The molecule has 0 unspecified atom stereocenters. The Bertz CT molecular complexity index is 2320. The van der Waals surface area contributed by atoms with Crippen molar-refractivity contribution in [2.75, 3.05) is 0 Å². The Hall–Kier alpha value is -6.38. The standard InChI is InChI=1S/C47H32N2/c1-5-16-33(17-6-1)44-32-45(49-46(48-44)34-18-7-2-8-19-34)37-21-15-20-35(30-37)36-28-29-41-40-26-13-14-27-42(40)47(43(41)31-36,38-22-9-3-10-23-38)39-24-11-4-12-25-39/h1-32H. The molecule has 7 aromatic carbocycles. The minimum Gasteiger partial charge on any atom is -0.228 e. The monoisotopic (exact) mass is 624 g/mol. The normalized spacial score (nSPS) is 12.7. The van der Waals surface area contributed by atoms with Crippen LogP contribution >= 0.6 is 0 Å². The highest BCUT2D eigenvalue weighted by molar-refractivity contribution is 5.88. The van der Waals surface area contributed by atoms with E-state index in [2.05, 4.69) is 170 Å². The molecule has 2 nitrogen and oxygen atoms in total. The summed E-state index contributed by atoms with van der Waals surface area (Å²) in [4.78, 5) is 10.1. The van der Waals surface area contributed by atoms with Gasteiger partial charge in [-0.2, -0.15) is 0 Å². The lowest BCUT2D eigenvalue weighted by Gasteiger charge is -2.34. The van der Waals surface area contributed by atoms with Gasteiger partial charge in [-0.1, -0.05) is 176 Å². The zero-order valence-electron chi connectivity index (χ0n) is 26.9. The van der Waals surface area contributed by atoms with Gasteiger partial charge in [0.15, 0.2) is 5.82 Å². The predicted octanol–water partition coefficient (Wildman–Crippen LogP) is 11.5. The summed E-state index contributed by atoms with van der Waals surface area (Å²) >= 11 is 0. The zero-order valence-corrected chi connectivity index (χ0v) is 26.9. The largest absolute Gasteiger partial charge is 0.228 e. The van der Waals surface area contributed by atoms with E-state index in [4.69, 9.17) is 9.97 Å². The SMILES string of the molecule is c1ccc(-c2cc(-c3cccc(-c4ccc5c(c4)C(c4ccccc4)(c4ccccc4)c4ccccc4-5)c3)nc(-c3ccccc3)n2)cc1. The summed E-state index contributed by atoms with van der Waals surface area (Å²) in [5, 5.41) is 0. The zero-order chi connectivity index (χ0) is 32.6. The quantitative estimate of drug-likeness (QED) is 0.184. The number of rotatable bonds is 6. The predicted molar refractivity (Wildman–Crippen MR) is 201 cm³/mol. The molecule has 0 fully saturated rings. The van der Waals surface area contributed by atoms with Crippen molar-refractivity contribution in [3.8, 4) is 56.2 Å². The fraction of sp³-hybridized carbons (Fsp3) is 0.0213. The van der Waals surface area contributed by atoms with Crippen LogP contribution in [0.2, 0.25) is 0 Å². The Labute approximate surface area is 287 Å². The molecule has 49 heavy (non-hydrogen) atoms. The molecule has 0 aliphatic heterocycles. The average Bonchev–Trinajstić information content (AvgIpc) is 3.49. The van der Waals surface area contributed by atoms with E-state index in [0.717, 1.165) is 33.6 Å². The van der Waals surface area contributed by atoms with Crippen molar-refractivity contribution in [1.82, 2.24) is 9.97 Å². The van der Waals surface area contributed by atoms with Crippen LogP contribution in [0.25, 0.3) is 56.2 Å². The van der Waals surface area contributed by atoms with Crippen molar-refractivity contribution in [2.45, 2.75) is 5.41 Å². The molecule has 0 radical (unpaired) electrons. The smallest absolute Gasteiger partial charge is 0.160 e. The Balaban J connectivity index is 1.22. The van der Waals surface area contributed by atoms with Crippen LogP contribution < -0.4 is 0 Å². The number of aromatic nitrogens is 2. The summed E-state index contributed by atoms with van der Waals surface area (Å²) in [5.74, 6) is 0.716. The average molecular weight is 625 g/mol. The van der Waals surface area contributed by atoms with Gasteiger partial charge in [-0.05, 0) is 62.7 Å². The molecule has 0 N–H and O–H groups in total. The van der Waals surface area contributed by atoms with Gasteiger partial charge in [0.2, 0.25) is 0 Å². The number of fused-ring (bicyclic) bond motifs is 3. The minimum atomic E-state index is -0.441. The maximum Gasteiger partial charge on any atom is 0.160 e. The van der Waals surface area contributed by atoms with E-state index in [9.17, 15) is 0 Å². The maximum absolute atomic E-state index is 5.11. The molecule has 0 atom stereocenters. The minimum absolute atomic E-state index is 0.441. The van der Waals surface area contributed by atoms with Gasteiger partial charge in [-0.3, -0.25) is 0 Å². The molecule has 1 aliphatic carbocycles. The second-order valence-electron chi connectivity index (χ2n) is 12.6. The summed E-state index contributed by atoms with van der Waals surface area (Å²) in [5.41, 5.74) is 14.5. The van der Waals surface area contributed by atoms with E-state index >= 15 is 0 Å². The number of nitrogens with zero attached hydrogens (tertiary/aromatic N) is 2. The van der Waals surface area contributed by atoms with Gasteiger partial charge in [0, 0.05) is 16.7 Å². The Morgan fingerprint density at radius 2 is 0.796 bits per heavy atom. The first-order chi connectivity index (χ1) is 24.3. The third kappa shape index (κ3) is 4.89. The molecule has 0 saturated carbocycles. The van der Waals surface area contributed by atoms with E-state index in [1.54, 1.807) is 0 Å². The first-order valence-corrected chi connectivity index (χ1v) is 16.8. The molecule has 0 amide bonds. The summed E-state index contributed by atoms with van der Waals surface area (Å²) in [6, 6.07) is 69.3. The van der Waals surface area contributed by atoms with Gasteiger partial charge in [-0.15, -0.1) is 0 Å². The summed E-state index contributed by atoms with van der Waals surface area (Å²) < 4.78 is 0. The molecule has 230 valence electrons. The van der Waals surface area contributed by atoms with Gasteiger partial charge < -0.3 is 0 Å². The lowest BCUT2D eigenvalue weighted by molar-refractivity contribution is 0.769. The van der Waals surface area contributed by atoms with Crippen LogP contribution in [0, 0.1) is 0 Å². The van der Waals surface area contributed by atoms with Crippen molar-refractivity contribution >= 4 is 0 Å². The fourth-order valence-corrected chi connectivity index (χ4v) is 7.55. The maximum atomic E-state index is 5.11. The molecule has 8 aromatic rings. The van der Waals surface area contributed by atoms with Crippen molar-refractivity contribution in [3.63, 3.8) is 0 Å². The third-order valence-electron chi connectivity index (χ3n) is 9.78. The second kappa shape index (κ2) is 12.0. The van der Waals surface area contributed by atoms with Gasteiger partial charge in [0.1, 0.15) is 0 Å². The number of benzene rings is 7. The number of hydrogen-bond donors (Lipinski definition) is 0. The van der Waals surface area contributed by atoms with Crippen molar-refractivity contribution in [2.24, 2.45) is 0 Å². The highest BCUT2D eigenvalue weighted by Gasteiger charge is 2.46. The molecule has 1 aromatic heterocycles. The van der Waals surface area contributed by atoms with Crippen molar-refractivity contribution in [3.05, 3.63) is 216 Å². The van der Waals surface area contributed by atoms with Gasteiger partial charge in [0.05, 0.1) is 16.8 Å². The van der Waals surface area contributed by atoms with Gasteiger partial charge in [0.25, 0.3) is 0 Å². The molecular weight excluding hydrogens is 593 g/mol. The van der Waals surface area contributed by atoms with Crippen LogP contribution in [0.4, 0.5) is 0 Å². The van der Waals surface area contributed by atoms with Crippen LogP contribution in [0.3, 0.4) is 0 Å². The highest BCUT2D eigenvalue weighted by atomic mass is 14.9. The second-order valence-corrected chi connectivity index (χ2v) is 12.6. The molecule has 1 heterocycles. The van der Waals surface area contributed by atoms with Crippen LogP contribution in [-0.4, -0.2) is 9.97 Å². The molecule has 2 heteroatoms. The van der Waals surface area contributed by atoms with E-state index in [-0.39, 0.29) is 0 Å². The van der Waals surface area contributed by atoms with Crippen LogP contribution in [0.1, 0.15) is 22.3 Å². The van der Waals surface area contributed by atoms with Gasteiger partial charge >= 0.3 is 0 Å². The van der Waals surface area contributed by atoms with E-state index < -0.39 is 5.41 Å². The molecule has 0 bridgehead atoms. The first kappa shape index (κ1) is 28.8. The summed E-state index contributed by atoms with van der Waals surface area (Å²) in [7, 11) is 0. The molecular formula is C47H32N2. The molecule has 0 saturated heterocycles. The Kier molecular flexibility index (Phi) is 7.06.